The Hall–Kier alpha value is -2.28. The van der Waals surface area contributed by atoms with Crippen LogP contribution < -0.4 is 4.74 Å². The Morgan fingerprint density at radius 2 is 2.08 bits per heavy atom. The zero-order valence-corrected chi connectivity index (χ0v) is 15.3. The molecule has 1 aromatic rings. The third kappa shape index (κ3) is 3.28. The maximum Gasteiger partial charge on any atom is 0.338 e. The number of ether oxygens (including phenoxy) is 2. The van der Waals surface area contributed by atoms with E-state index in [-0.39, 0.29) is 12.5 Å². The molecule has 0 N–H and O–H groups in total. The molecule has 1 saturated heterocycles. The van der Waals surface area contributed by atoms with Crippen LogP contribution in [-0.2, 0) is 14.3 Å². The predicted octanol–water partition coefficient (Wildman–Crippen LogP) is 2.91. The van der Waals surface area contributed by atoms with Crippen LogP contribution in [0.5, 0.6) is 5.75 Å². The van der Waals surface area contributed by atoms with Crippen LogP contribution in [-0.4, -0.2) is 41.4 Å². The van der Waals surface area contributed by atoms with Crippen molar-refractivity contribution in [3.63, 3.8) is 0 Å². The van der Waals surface area contributed by atoms with Crippen molar-refractivity contribution in [3.8, 4) is 5.75 Å². The fourth-order valence-corrected chi connectivity index (χ4v) is 3.97. The lowest BCUT2D eigenvalue weighted by molar-refractivity contribution is -0.139. The Balaban J connectivity index is 2.11. The standard InChI is InChI=1S/C18H20N2O4S/c1-4-24-17(22)15-11(2)19-18-20(14(21)9-10-25-18)16(15)12-5-7-13(23-3)8-6-12/h5-8,16H,4,9-10H2,1-3H3/t16-/m0/s1. The monoisotopic (exact) mass is 360 g/mol. The first-order valence-electron chi connectivity index (χ1n) is 8.12. The van der Waals surface area contributed by atoms with E-state index in [0.717, 1.165) is 5.56 Å². The molecule has 7 heteroatoms. The summed E-state index contributed by atoms with van der Waals surface area (Å²) in [5.74, 6) is 0.941. The highest BCUT2D eigenvalue weighted by molar-refractivity contribution is 8.14. The van der Waals surface area contributed by atoms with Gasteiger partial charge in [0.05, 0.1) is 31.0 Å². The van der Waals surface area contributed by atoms with E-state index in [0.29, 0.717) is 34.4 Å². The summed E-state index contributed by atoms with van der Waals surface area (Å²) in [6, 6.07) is 6.84. The zero-order chi connectivity index (χ0) is 18.0. The van der Waals surface area contributed by atoms with Crippen molar-refractivity contribution < 1.29 is 19.1 Å². The number of allylic oxidation sites excluding steroid dienone is 1. The van der Waals surface area contributed by atoms with Gasteiger partial charge in [0, 0.05) is 12.2 Å². The summed E-state index contributed by atoms with van der Waals surface area (Å²) in [5.41, 5.74) is 1.82. The zero-order valence-electron chi connectivity index (χ0n) is 14.4. The Labute approximate surface area is 150 Å². The molecule has 1 atom stereocenters. The molecular weight excluding hydrogens is 340 g/mol. The minimum Gasteiger partial charge on any atom is -0.497 e. The van der Waals surface area contributed by atoms with Crippen molar-refractivity contribution in [1.29, 1.82) is 0 Å². The van der Waals surface area contributed by atoms with E-state index >= 15 is 0 Å². The van der Waals surface area contributed by atoms with Crippen molar-refractivity contribution in [2.75, 3.05) is 19.5 Å². The van der Waals surface area contributed by atoms with Crippen LogP contribution >= 0.6 is 11.8 Å². The molecule has 132 valence electrons. The molecule has 0 bridgehead atoms. The van der Waals surface area contributed by atoms with Crippen LogP contribution in [0.3, 0.4) is 0 Å². The van der Waals surface area contributed by atoms with Gasteiger partial charge in [-0.25, -0.2) is 9.79 Å². The van der Waals surface area contributed by atoms with Gasteiger partial charge in [0.2, 0.25) is 5.91 Å². The molecule has 2 heterocycles. The fourth-order valence-electron chi connectivity index (χ4n) is 2.97. The summed E-state index contributed by atoms with van der Waals surface area (Å²) in [4.78, 5) is 31.3. The van der Waals surface area contributed by atoms with Crippen molar-refractivity contribution in [1.82, 2.24) is 4.90 Å². The predicted molar refractivity (Wildman–Crippen MR) is 96.4 cm³/mol. The van der Waals surface area contributed by atoms with Gasteiger partial charge in [-0.1, -0.05) is 23.9 Å². The van der Waals surface area contributed by atoms with Gasteiger partial charge < -0.3 is 9.47 Å². The van der Waals surface area contributed by atoms with Gasteiger partial charge in [-0.3, -0.25) is 9.69 Å². The number of nitrogens with zero attached hydrogens (tertiary/aromatic N) is 2. The molecule has 1 amide bonds. The second-order valence-electron chi connectivity index (χ2n) is 5.65. The number of methoxy groups -OCH3 is 1. The quantitative estimate of drug-likeness (QED) is 0.772. The van der Waals surface area contributed by atoms with Crippen molar-refractivity contribution in [2.24, 2.45) is 4.99 Å². The largest absolute Gasteiger partial charge is 0.497 e. The molecule has 0 aliphatic carbocycles. The van der Waals surface area contributed by atoms with Gasteiger partial charge in [0.1, 0.15) is 5.75 Å². The van der Waals surface area contributed by atoms with E-state index in [2.05, 4.69) is 4.99 Å². The maximum atomic E-state index is 12.6. The number of rotatable bonds is 4. The average Bonchev–Trinajstić information content (AvgIpc) is 2.61. The number of amidine groups is 1. The van der Waals surface area contributed by atoms with E-state index < -0.39 is 12.0 Å². The smallest absolute Gasteiger partial charge is 0.338 e. The molecule has 0 radical (unpaired) electrons. The Morgan fingerprint density at radius 3 is 2.72 bits per heavy atom. The molecule has 25 heavy (non-hydrogen) atoms. The summed E-state index contributed by atoms with van der Waals surface area (Å²) in [7, 11) is 1.60. The summed E-state index contributed by atoms with van der Waals surface area (Å²) in [6.45, 7) is 3.81. The average molecular weight is 360 g/mol. The molecule has 0 unspecified atom stereocenters. The Bertz CT molecular complexity index is 755. The van der Waals surface area contributed by atoms with Crippen LogP contribution in [0, 0.1) is 0 Å². The lowest BCUT2D eigenvalue weighted by Crippen LogP contribution is -2.45. The summed E-state index contributed by atoms with van der Waals surface area (Å²) < 4.78 is 10.4. The van der Waals surface area contributed by atoms with E-state index in [1.54, 1.807) is 25.9 Å². The Morgan fingerprint density at radius 1 is 1.36 bits per heavy atom. The lowest BCUT2D eigenvalue weighted by atomic mass is 9.94. The molecular formula is C18H20N2O4S. The van der Waals surface area contributed by atoms with Crippen molar-refractivity contribution >= 4 is 28.8 Å². The van der Waals surface area contributed by atoms with Gasteiger partial charge >= 0.3 is 5.97 Å². The normalized spacial score (nSPS) is 20.1. The molecule has 2 aliphatic rings. The highest BCUT2D eigenvalue weighted by Crippen LogP contribution is 2.40. The van der Waals surface area contributed by atoms with Crippen LogP contribution in [0.25, 0.3) is 0 Å². The van der Waals surface area contributed by atoms with E-state index in [9.17, 15) is 9.59 Å². The molecule has 0 spiro atoms. The van der Waals surface area contributed by atoms with Gasteiger partial charge in [-0.2, -0.15) is 0 Å². The number of hydrogen-bond acceptors (Lipinski definition) is 6. The first kappa shape index (κ1) is 17.5. The topological polar surface area (TPSA) is 68.2 Å². The number of carbonyl (C=O) groups is 2. The summed E-state index contributed by atoms with van der Waals surface area (Å²) in [6.07, 6.45) is 0.422. The molecule has 1 fully saturated rings. The highest BCUT2D eigenvalue weighted by Gasteiger charge is 2.41. The second kappa shape index (κ2) is 7.31. The van der Waals surface area contributed by atoms with Gasteiger partial charge in [0.15, 0.2) is 5.17 Å². The number of amides is 1. The first-order chi connectivity index (χ1) is 12.1. The van der Waals surface area contributed by atoms with E-state index in [4.69, 9.17) is 9.47 Å². The SMILES string of the molecule is CCOC(=O)C1=C(C)N=C2SCCC(=O)N2[C@H]1c1ccc(OC)cc1. The second-order valence-corrected chi connectivity index (χ2v) is 6.71. The van der Waals surface area contributed by atoms with E-state index in [1.165, 1.54) is 11.8 Å². The van der Waals surface area contributed by atoms with Crippen LogP contribution in [0.15, 0.2) is 40.5 Å². The van der Waals surface area contributed by atoms with Crippen LogP contribution in [0.4, 0.5) is 0 Å². The lowest BCUT2D eigenvalue weighted by Gasteiger charge is -2.38. The molecule has 1 aromatic carbocycles. The van der Waals surface area contributed by atoms with Crippen LogP contribution in [0.1, 0.15) is 31.9 Å². The van der Waals surface area contributed by atoms with E-state index in [1.807, 2.05) is 24.3 Å². The maximum absolute atomic E-state index is 12.6. The molecule has 0 aromatic heterocycles. The van der Waals surface area contributed by atoms with Gasteiger partial charge in [0.25, 0.3) is 0 Å². The first-order valence-corrected chi connectivity index (χ1v) is 9.10. The number of aliphatic imine (C=N–C) groups is 1. The third-order valence-electron chi connectivity index (χ3n) is 4.13. The minimum absolute atomic E-state index is 0.0346. The molecule has 0 saturated carbocycles. The molecule has 2 aliphatic heterocycles. The minimum atomic E-state index is -0.530. The molecule has 6 nitrogen and oxygen atoms in total. The number of carbonyl (C=O) groups excluding carboxylic acids is 2. The highest BCUT2D eigenvalue weighted by atomic mass is 32.2. The fraction of sp³-hybridized carbons (Fsp3) is 0.389. The van der Waals surface area contributed by atoms with Crippen LogP contribution in [0.2, 0.25) is 0 Å². The van der Waals surface area contributed by atoms with Gasteiger partial charge in [-0.05, 0) is 31.5 Å². The van der Waals surface area contributed by atoms with Gasteiger partial charge in [-0.15, -0.1) is 0 Å². The summed E-state index contributed by atoms with van der Waals surface area (Å²) >= 11 is 1.53. The molecule has 3 rings (SSSR count). The Kier molecular flexibility index (Phi) is 5.13. The number of fused-ring (bicyclic) bond motifs is 1. The summed E-state index contributed by atoms with van der Waals surface area (Å²) in [5, 5.41) is 0.641. The number of thioether (sulfide) groups is 1. The number of esters is 1. The van der Waals surface area contributed by atoms with Crippen molar-refractivity contribution in [2.45, 2.75) is 26.3 Å². The van der Waals surface area contributed by atoms with Crippen molar-refractivity contribution in [3.05, 3.63) is 41.1 Å². The third-order valence-corrected chi connectivity index (χ3v) is 5.09. The number of benzene rings is 1. The number of hydrogen-bond donors (Lipinski definition) is 0.